The first-order valence-corrected chi connectivity index (χ1v) is 4.82. The Morgan fingerprint density at radius 2 is 2.29 bits per heavy atom. The minimum absolute atomic E-state index is 0.899. The summed E-state index contributed by atoms with van der Waals surface area (Å²) in [7, 11) is 0. The van der Waals surface area contributed by atoms with Gasteiger partial charge in [0.25, 0.3) is 0 Å². The molecule has 0 amide bonds. The van der Waals surface area contributed by atoms with Crippen LogP contribution in [0.25, 0.3) is 11.3 Å². The zero-order valence-electron chi connectivity index (χ0n) is 8.49. The lowest BCUT2D eigenvalue weighted by atomic mass is 10.1. The van der Waals surface area contributed by atoms with Crippen LogP contribution in [0.5, 0.6) is 0 Å². The molecule has 1 heterocycles. The van der Waals surface area contributed by atoms with Crippen molar-refractivity contribution in [3.8, 4) is 11.3 Å². The number of nitrogens with zero attached hydrogens (tertiary/aromatic N) is 2. The molecule has 0 fully saturated rings. The smallest absolute Gasteiger partial charge is 0.0684 e. The van der Waals surface area contributed by atoms with E-state index in [0.29, 0.717) is 0 Å². The molecular formula is C12H13N2. The summed E-state index contributed by atoms with van der Waals surface area (Å²) in [6.45, 7) is 5.10. The molecule has 71 valence electrons. The molecule has 0 aliphatic rings. The van der Waals surface area contributed by atoms with Gasteiger partial charge in [-0.2, -0.15) is 5.10 Å². The molecule has 2 rings (SSSR count). The summed E-state index contributed by atoms with van der Waals surface area (Å²) < 4.78 is 2.00. The Balaban J connectivity index is 2.54. The normalized spacial score (nSPS) is 10.4. The van der Waals surface area contributed by atoms with Gasteiger partial charge in [0.05, 0.1) is 5.69 Å². The SMILES string of the molecule is CCn1nccc1-c1c[c]ccc1C. The lowest BCUT2D eigenvalue weighted by Crippen LogP contribution is -1.99. The molecule has 0 spiro atoms. The molecule has 0 bridgehead atoms. The Bertz CT molecular complexity index is 429. The summed E-state index contributed by atoms with van der Waals surface area (Å²) in [6, 6.07) is 11.2. The maximum Gasteiger partial charge on any atom is 0.0684 e. The van der Waals surface area contributed by atoms with Crippen molar-refractivity contribution in [3.05, 3.63) is 42.1 Å². The highest BCUT2D eigenvalue weighted by atomic mass is 15.3. The van der Waals surface area contributed by atoms with Gasteiger partial charge in [0.1, 0.15) is 0 Å². The number of aryl methyl sites for hydroxylation is 2. The molecule has 2 heteroatoms. The topological polar surface area (TPSA) is 17.8 Å². The second-order valence-electron chi connectivity index (χ2n) is 3.27. The van der Waals surface area contributed by atoms with Gasteiger partial charge in [-0.1, -0.05) is 12.1 Å². The zero-order chi connectivity index (χ0) is 9.97. The highest BCUT2D eigenvalue weighted by molar-refractivity contribution is 5.63. The predicted molar refractivity (Wildman–Crippen MR) is 56.9 cm³/mol. The number of hydrogen-bond acceptors (Lipinski definition) is 1. The van der Waals surface area contributed by atoms with E-state index in [1.165, 1.54) is 16.8 Å². The fourth-order valence-electron chi connectivity index (χ4n) is 1.60. The zero-order valence-corrected chi connectivity index (χ0v) is 8.49. The second kappa shape index (κ2) is 3.66. The molecule has 1 aromatic heterocycles. The Labute approximate surface area is 84.2 Å². The molecule has 2 nitrogen and oxygen atoms in total. The van der Waals surface area contributed by atoms with E-state index < -0.39 is 0 Å². The van der Waals surface area contributed by atoms with Gasteiger partial charge in [0, 0.05) is 18.3 Å². The van der Waals surface area contributed by atoms with Gasteiger partial charge in [-0.25, -0.2) is 0 Å². The Hall–Kier alpha value is -1.57. The van der Waals surface area contributed by atoms with Crippen molar-refractivity contribution in [3.63, 3.8) is 0 Å². The molecule has 1 aromatic carbocycles. The van der Waals surface area contributed by atoms with Gasteiger partial charge < -0.3 is 0 Å². The first-order chi connectivity index (χ1) is 6.83. The van der Waals surface area contributed by atoms with Crippen LogP contribution in [0.4, 0.5) is 0 Å². The first-order valence-electron chi connectivity index (χ1n) is 4.82. The third-order valence-corrected chi connectivity index (χ3v) is 2.37. The van der Waals surface area contributed by atoms with Crippen molar-refractivity contribution in [2.75, 3.05) is 0 Å². The summed E-state index contributed by atoms with van der Waals surface area (Å²) in [5.74, 6) is 0. The fourth-order valence-corrected chi connectivity index (χ4v) is 1.60. The number of benzene rings is 1. The van der Waals surface area contributed by atoms with E-state index in [9.17, 15) is 0 Å². The van der Waals surface area contributed by atoms with Crippen LogP contribution in [-0.2, 0) is 6.54 Å². The lowest BCUT2D eigenvalue weighted by molar-refractivity contribution is 0.667. The predicted octanol–water partition coefficient (Wildman–Crippen LogP) is 2.68. The van der Waals surface area contributed by atoms with Gasteiger partial charge in [-0.3, -0.25) is 4.68 Å². The molecule has 14 heavy (non-hydrogen) atoms. The summed E-state index contributed by atoms with van der Waals surface area (Å²) in [4.78, 5) is 0. The first kappa shape index (κ1) is 9.00. The van der Waals surface area contributed by atoms with E-state index in [0.717, 1.165) is 6.54 Å². The summed E-state index contributed by atoms with van der Waals surface area (Å²) in [5, 5.41) is 4.25. The van der Waals surface area contributed by atoms with Crippen LogP contribution in [0.2, 0.25) is 0 Å². The summed E-state index contributed by atoms with van der Waals surface area (Å²) >= 11 is 0. The molecule has 0 saturated carbocycles. The van der Waals surface area contributed by atoms with Crippen LogP contribution < -0.4 is 0 Å². The van der Waals surface area contributed by atoms with E-state index in [4.69, 9.17) is 0 Å². The minimum Gasteiger partial charge on any atom is -0.265 e. The highest BCUT2D eigenvalue weighted by Gasteiger charge is 2.05. The largest absolute Gasteiger partial charge is 0.265 e. The maximum atomic E-state index is 4.25. The standard InChI is InChI=1S/C12H13N2/c1-3-14-12(8-9-13-14)11-7-5-4-6-10(11)2/h4,6-9H,3H2,1-2H3. The van der Waals surface area contributed by atoms with Gasteiger partial charge in [0.2, 0.25) is 0 Å². The van der Waals surface area contributed by atoms with Gasteiger partial charge in [-0.15, -0.1) is 0 Å². The van der Waals surface area contributed by atoms with Crippen molar-refractivity contribution in [1.29, 1.82) is 0 Å². The van der Waals surface area contributed by atoms with E-state index in [1.54, 1.807) is 0 Å². The van der Waals surface area contributed by atoms with Crippen LogP contribution in [0.3, 0.4) is 0 Å². The third-order valence-electron chi connectivity index (χ3n) is 2.37. The van der Waals surface area contributed by atoms with Crippen LogP contribution in [0.1, 0.15) is 12.5 Å². The molecule has 0 saturated heterocycles. The molecule has 2 aromatic rings. The number of rotatable bonds is 2. The van der Waals surface area contributed by atoms with E-state index in [1.807, 2.05) is 29.1 Å². The van der Waals surface area contributed by atoms with Crippen LogP contribution >= 0.6 is 0 Å². The van der Waals surface area contributed by atoms with Crippen LogP contribution in [0, 0.1) is 13.0 Å². The minimum atomic E-state index is 0.899. The molecule has 0 unspecified atom stereocenters. The van der Waals surface area contributed by atoms with E-state index in [-0.39, 0.29) is 0 Å². The van der Waals surface area contributed by atoms with E-state index in [2.05, 4.69) is 31.1 Å². The average Bonchev–Trinajstić information content (AvgIpc) is 2.66. The lowest BCUT2D eigenvalue weighted by Gasteiger charge is -2.06. The average molecular weight is 185 g/mol. The fraction of sp³-hybridized carbons (Fsp3) is 0.250. The van der Waals surface area contributed by atoms with Crippen molar-refractivity contribution in [2.45, 2.75) is 20.4 Å². The van der Waals surface area contributed by atoms with Crippen molar-refractivity contribution in [1.82, 2.24) is 9.78 Å². The van der Waals surface area contributed by atoms with E-state index >= 15 is 0 Å². The highest BCUT2D eigenvalue weighted by Crippen LogP contribution is 2.21. The Morgan fingerprint density at radius 3 is 3.00 bits per heavy atom. The van der Waals surface area contributed by atoms with Gasteiger partial charge in [-0.05, 0) is 37.6 Å². The molecule has 0 atom stereocenters. The Kier molecular flexibility index (Phi) is 2.35. The molecule has 0 aliphatic carbocycles. The van der Waals surface area contributed by atoms with Crippen LogP contribution in [-0.4, -0.2) is 9.78 Å². The summed E-state index contributed by atoms with van der Waals surface area (Å²) in [6.07, 6.45) is 1.84. The van der Waals surface area contributed by atoms with Crippen molar-refractivity contribution >= 4 is 0 Å². The van der Waals surface area contributed by atoms with Gasteiger partial charge in [0.15, 0.2) is 0 Å². The van der Waals surface area contributed by atoms with Gasteiger partial charge >= 0.3 is 0 Å². The number of hydrogen-bond donors (Lipinski definition) is 0. The quantitative estimate of drug-likeness (QED) is 0.703. The van der Waals surface area contributed by atoms with Crippen LogP contribution in [0.15, 0.2) is 30.5 Å². The monoisotopic (exact) mass is 185 g/mol. The van der Waals surface area contributed by atoms with Crippen molar-refractivity contribution < 1.29 is 0 Å². The van der Waals surface area contributed by atoms with Crippen molar-refractivity contribution in [2.24, 2.45) is 0 Å². The third kappa shape index (κ3) is 1.43. The molecule has 0 N–H and O–H groups in total. The maximum absolute atomic E-state index is 4.25. The number of aromatic nitrogens is 2. The summed E-state index contributed by atoms with van der Waals surface area (Å²) in [5.41, 5.74) is 3.65. The molecule has 0 aliphatic heterocycles. The second-order valence-corrected chi connectivity index (χ2v) is 3.27. The Morgan fingerprint density at radius 1 is 1.43 bits per heavy atom. The molecular weight excluding hydrogens is 172 g/mol. The molecule has 1 radical (unpaired) electrons.